The van der Waals surface area contributed by atoms with E-state index in [0.717, 1.165) is 31.2 Å². The lowest BCUT2D eigenvalue weighted by Gasteiger charge is -2.23. The van der Waals surface area contributed by atoms with E-state index in [0.29, 0.717) is 6.54 Å². The Kier molecular flexibility index (Phi) is 5.04. The Bertz CT molecular complexity index is 436. The van der Waals surface area contributed by atoms with Crippen molar-refractivity contribution >= 4 is 18.3 Å². The number of amides is 1. The van der Waals surface area contributed by atoms with Crippen LogP contribution in [0.25, 0.3) is 0 Å². The quantitative estimate of drug-likeness (QED) is 0.894. The number of rotatable bonds is 2. The molecule has 1 amide bonds. The molecule has 18 heavy (non-hydrogen) atoms. The molecule has 1 unspecified atom stereocenters. The molecule has 1 aliphatic rings. The average Bonchev–Trinajstić information content (AvgIpc) is 2.84. The predicted molar refractivity (Wildman–Crippen MR) is 67.0 cm³/mol. The maximum atomic E-state index is 13.4. The number of nitrogens with one attached hydrogen (secondary N) is 1. The van der Waals surface area contributed by atoms with E-state index in [1.165, 1.54) is 4.90 Å². The molecule has 1 saturated heterocycles. The van der Waals surface area contributed by atoms with Gasteiger partial charge >= 0.3 is 0 Å². The smallest absolute Gasteiger partial charge is 0.256 e. The molecule has 1 aromatic carbocycles. The first kappa shape index (κ1) is 14.9. The first-order valence-corrected chi connectivity index (χ1v) is 5.52. The van der Waals surface area contributed by atoms with E-state index in [2.05, 4.69) is 5.32 Å². The Morgan fingerprint density at radius 1 is 1.44 bits per heavy atom. The first-order valence-electron chi connectivity index (χ1n) is 5.52. The molecule has 100 valence electrons. The third-order valence-corrected chi connectivity index (χ3v) is 3.06. The normalized spacial score (nSPS) is 18.3. The molecule has 0 saturated carbocycles. The highest BCUT2D eigenvalue weighted by atomic mass is 35.5. The van der Waals surface area contributed by atoms with E-state index in [9.17, 15) is 13.6 Å². The molecule has 1 aromatic rings. The number of likely N-dealkylation sites (N-methyl/N-ethyl adjacent to an activating group) is 1. The lowest BCUT2D eigenvalue weighted by molar-refractivity contribution is 0.0738. The van der Waals surface area contributed by atoms with Gasteiger partial charge in [0.15, 0.2) is 0 Å². The fourth-order valence-corrected chi connectivity index (χ4v) is 1.99. The van der Waals surface area contributed by atoms with E-state index < -0.39 is 17.5 Å². The summed E-state index contributed by atoms with van der Waals surface area (Å²) in [4.78, 5) is 13.5. The molecular weight excluding hydrogens is 262 g/mol. The zero-order valence-corrected chi connectivity index (χ0v) is 10.8. The largest absolute Gasteiger partial charge is 0.337 e. The highest BCUT2D eigenvalue weighted by molar-refractivity contribution is 5.94. The van der Waals surface area contributed by atoms with Crippen molar-refractivity contribution < 1.29 is 13.6 Å². The summed E-state index contributed by atoms with van der Waals surface area (Å²) >= 11 is 0. The first-order chi connectivity index (χ1) is 8.09. The van der Waals surface area contributed by atoms with E-state index in [-0.39, 0.29) is 24.0 Å². The second-order valence-corrected chi connectivity index (χ2v) is 4.19. The summed E-state index contributed by atoms with van der Waals surface area (Å²) in [7, 11) is 1.62. The molecule has 1 heterocycles. The predicted octanol–water partition coefficient (Wildman–Crippen LogP) is 1.82. The molecule has 2 rings (SSSR count). The zero-order chi connectivity index (χ0) is 12.4. The zero-order valence-electron chi connectivity index (χ0n) is 9.95. The second-order valence-electron chi connectivity index (χ2n) is 4.19. The van der Waals surface area contributed by atoms with Gasteiger partial charge in [-0.3, -0.25) is 4.79 Å². The minimum absolute atomic E-state index is 0. The minimum atomic E-state index is -0.686. The van der Waals surface area contributed by atoms with Gasteiger partial charge in [-0.25, -0.2) is 8.78 Å². The van der Waals surface area contributed by atoms with Crippen LogP contribution in [0.15, 0.2) is 18.2 Å². The fraction of sp³-hybridized carbons (Fsp3) is 0.417. The van der Waals surface area contributed by atoms with Crippen LogP contribution in [-0.2, 0) is 0 Å². The van der Waals surface area contributed by atoms with E-state index in [1.54, 1.807) is 7.05 Å². The highest BCUT2D eigenvalue weighted by Gasteiger charge is 2.25. The lowest BCUT2D eigenvalue weighted by atomic mass is 10.1. The lowest BCUT2D eigenvalue weighted by Crippen LogP contribution is -2.38. The summed E-state index contributed by atoms with van der Waals surface area (Å²) in [5, 5.41) is 3.12. The van der Waals surface area contributed by atoms with Crippen LogP contribution >= 0.6 is 12.4 Å². The Balaban J connectivity index is 0.00000162. The number of carbonyl (C=O) groups is 1. The molecule has 6 heteroatoms. The Labute approximate surface area is 111 Å². The number of benzene rings is 1. The number of carbonyl (C=O) groups excluding carboxylic acids is 1. The maximum absolute atomic E-state index is 13.4. The molecule has 0 radical (unpaired) electrons. The van der Waals surface area contributed by atoms with Crippen LogP contribution in [-0.4, -0.2) is 37.0 Å². The van der Waals surface area contributed by atoms with Crippen molar-refractivity contribution in [3.8, 4) is 0 Å². The summed E-state index contributed by atoms with van der Waals surface area (Å²) in [6.45, 7) is 1.53. The number of halogens is 3. The SMILES string of the molecule is CN(C(=O)c1cc(F)ccc1F)C1CCNC1.Cl. The number of hydrogen-bond acceptors (Lipinski definition) is 2. The highest BCUT2D eigenvalue weighted by Crippen LogP contribution is 2.15. The number of hydrogen-bond donors (Lipinski definition) is 1. The van der Waals surface area contributed by atoms with Crippen molar-refractivity contribution in [3.05, 3.63) is 35.4 Å². The van der Waals surface area contributed by atoms with Crippen molar-refractivity contribution in [2.24, 2.45) is 0 Å². The van der Waals surface area contributed by atoms with Crippen LogP contribution in [0.3, 0.4) is 0 Å². The van der Waals surface area contributed by atoms with Crippen LogP contribution in [0.5, 0.6) is 0 Å². The molecule has 0 spiro atoms. The van der Waals surface area contributed by atoms with Gasteiger partial charge in [0, 0.05) is 19.6 Å². The topological polar surface area (TPSA) is 32.3 Å². The fourth-order valence-electron chi connectivity index (χ4n) is 1.99. The Hall–Kier alpha value is -1.20. The van der Waals surface area contributed by atoms with Gasteiger partial charge < -0.3 is 10.2 Å². The van der Waals surface area contributed by atoms with Crippen LogP contribution in [0.2, 0.25) is 0 Å². The molecule has 1 atom stereocenters. The molecule has 0 bridgehead atoms. The van der Waals surface area contributed by atoms with Crippen molar-refractivity contribution in [1.29, 1.82) is 0 Å². The Morgan fingerprint density at radius 2 is 2.17 bits per heavy atom. The van der Waals surface area contributed by atoms with E-state index in [4.69, 9.17) is 0 Å². The van der Waals surface area contributed by atoms with Crippen molar-refractivity contribution in [1.82, 2.24) is 10.2 Å². The third kappa shape index (κ3) is 2.97. The van der Waals surface area contributed by atoms with Gasteiger partial charge in [0.05, 0.1) is 5.56 Å². The van der Waals surface area contributed by atoms with Crippen molar-refractivity contribution in [3.63, 3.8) is 0 Å². The van der Waals surface area contributed by atoms with Gasteiger partial charge in [-0.05, 0) is 31.2 Å². The van der Waals surface area contributed by atoms with Gasteiger partial charge in [0.1, 0.15) is 11.6 Å². The third-order valence-electron chi connectivity index (χ3n) is 3.06. The summed E-state index contributed by atoms with van der Waals surface area (Å²) in [6.07, 6.45) is 0.833. The summed E-state index contributed by atoms with van der Waals surface area (Å²) in [6, 6.07) is 2.97. The molecular formula is C12H15ClF2N2O. The Morgan fingerprint density at radius 3 is 2.78 bits per heavy atom. The van der Waals surface area contributed by atoms with Gasteiger partial charge in [0.25, 0.3) is 5.91 Å². The van der Waals surface area contributed by atoms with Crippen molar-refractivity contribution in [2.75, 3.05) is 20.1 Å². The van der Waals surface area contributed by atoms with Gasteiger partial charge in [-0.15, -0.1) is 12.4 Å². The molecule has 1 N–H and O–H groups in total. The van der Waals surface area contributed by atoms with Crippen molar-refractivity contribution in [2.45, 2.75) is 12.5 Å². The molecule has 0 aliphatic carbocycles. The maximum Gasteiger partial charge on any atom is 0.256 e. The molecule has 3 nitrogen and oxygen atoms in total. The van der Waals surface area contributed by atoms with Crippen LogP contribution in [0.4, 0.5) is 8.78 Å². The average molecular weight is 277 g/mol. The molecule has 0 aromatic heterocycles. The minimum Gasteiger partial charge on any atom is -0.337 e. The number of nitrogens with zero attached hydrogens (tertiary/aromatic N) is 1. The monoisotopic (exact) mass is 276 g/mol. The molecule has 1 aliphatic heterocycles. The van der Waals surface area contributed by atoms with Crippen LogP contribution in [0.1, 0.15) is 16.8 Å². The van der Waals surface area contributed by atoms with Gasteiger partial charge in [-0.1, -0.05) is 0 Å². The van der Waals surface area contributed by atoms with E-state index >= 15 is 0 Å². The summed E-state index contributed by atoms with van der Waals surface area (Å²) < 4.78 is 26.4. The standard InChI is InChI=1S/C12H14F2N2O.ClH/c1-16(9-4-5-15-7-9)12(17)10-6-8(13)2-3-11(10)14;/h2-3,6,9,15H,4-5,7H2,1H3;1H. The summed E-state index contributed by atoms with van der Waals surface area (Å²) in [5.74, 6) is -1.77. The van der Waals surface area contributed by atoms with Crippen LogP contribution < -0.4 is 5.32 Å². The molecule has 1 fully saturated rings. The van der Waals surface area contributed by atoms with E-state index in [1.807, 2.05) is 0 Å². The van der Waals surface area contributed by atoms with Gasteiger partial charge in [0.2, 0.25) is 0 Å². The van der Waals surface area contributed by atoms with Crippen LogP contribution in [0, 0.1) is 11.6 Å². The summed E-state index contributed by atoms with van der Waals surface area (Å²) in [5.41, 5.74) is -0.209. The second kappa shape index (κ2) is 6.11. The van der Waals surface area contributed by atoms with Gasteiger partial charge in [-0.2, -0.15) is 0 Å².